The van der Waals surface area contributed by atoms with Crippen molar-refractivity contribution >= 4 is 34.9 Å². The lowest BCUT2D eigenvalue weighted by Crippen LogP contribution is -2.34. The number of nitro groups is 1. The molecule has 0 unspecified atom stereocenters. The van der Waals surface area contributed by atoms with Gasteiger partial charge in [0.15, 0.2) is 12.4 Å². The number of nitrogens with zero attached hydrogens (tertiary/aromatic N) is 2. The zero-order valence-electron chi connectivity index (χ0n) is 15.9. The van der Waals surface area contributed by atoms with Gasteiger partial charge in [-0.05, 0) is 32.0 Å². The van der Waals surface area contributed by atoms with E-state index in [1.54, 1.807) is 12.1 Å². The minimum Gasteiger partial charge on any atom is -0.452 e. The van der Waals surface area contributed by atoms with Crippen LogP contribution in [0.2, 0.25) is 5.02 Å². The van der Waals surface area contributed by atoms with Gasteiger partial charge in [-0.25, -0.2) is 4.79 Å². The first kappa shape index (κ1) is 22.0. The second kappa shape index (κ2) is 9.79. The average Bonchev–Trinajstić information content (AvgIpc) is 2.72. The number of hydrogen-bond acceptors (Lipinski definition) is 6. The standard InChI is InChI=1S/C20H19ClN2O6/c1-3-22(4-2)18(24)12-29-20(26)15-8-6-5-7-14(15)19(25)13-9-10-16(21)17(11-13)23(27)28/h5-11H,3-4,12H2,1-2H3. The van der Waals surface area contributed by atoms with Crippen LogP contribution in [-0.2, 0) is 9.53 Å². The predicted molar refractivity (Wildman–Crippen MR) is 106 cm³/mol. The van der Waals surface area contributed by atoms with Crippen LogP contribution in [0.5, 0.6) is 0 Å². The van der Waals surface area contributed by atoms with Gasteiger partial charge < -0.3 is 9.64 Å². The number of amides is 1. The van der Waals surface area contributed by atoms with E-state index in [2.05, 4.69) is 0 Å². The Balaban J connectivity index is 2.27. The number of likely N-dealkylation sites (N-methyl/N-ethyl adjacent to an activating group) is 1. The van der Waals surface area contributed by atoms with Gasteiger partial charge in [-0.3, -0.25) is 19.7 Å². The molecular formula is C20H19ClN2O6. The second-order valence-corrected chi connectivity index (χ2v) is 6.35. The lowest BCUT2D eigenvalue weighted by Gasteiger charge is -2.18. The molecule has 0 saturated heterocycles. The third-order valence-corrected chi connectivity index (χ3v) is 4.56. The van der Waals surface area contributed by atoms with Crippen molar-refractivity contribution in [2.75, 3.05) is 19.7 Å². The fourth-order valence-electron chi connectivity index (χ4n) is 2.68. The smallest absolute Gasteiger partial charge is 0.339 e. The summed E-state index contributed by atoms with van der Waals surface area (Å²) in [6.45, 7) is 4.13. The zero-order valence-corrected chi connectivity index (χ0v) is 16.6. The Morgan fingerprint density at radius 1 is 1.07 bits per heavy atom. The van der Waals surface area contributed by atoms with E-state index in [1.807, 2.05) is 13.8 Å². The number of rotatable bonds is 8. The fraction of sp³-hybridized carbons (Fsp3) is 0.250. The first-order valence-electron chi connectivity index (χ1n) is 8.82. The van der Waals surface area contributed by atoms with Crippen molar-refractivity contribution in [1.29, 1.82) is 0 Å². The summed E-state index contributed by atoms with van der Waals surface area (Å²) in [7, 11) is 0. The lowest BCUT2D eigenvalue weighted by molar-refractivity contribution is -0.384. The van der Waals surface area contributed by atoms with E-state index in [9.17, 15) is 24.5 Å². The third kappa shape index (κ3) is 5.17. The van der Waals surface area contributed by atoms with E-state index < -0.39 is 29.0 Å². The molecule has 0 radical (unpaired) electrons. The van der Waals surface area contributed by atoms with Crippen LogP contribution in [0.25, 0.3) is 0 Å². The molecule has 0 aliphatic heterocycles. The minimum atomic E-state index is -0.835. The van der Waals surface area contributed by atoms with Gasteiger partial charge >= 0.3 is 5.97 Å². The molecule has 1 amide bonds. The van der Waals surface area contributed by atoms with Gasteiger partial charge in [0, 0.05) is 30.3 Å². The lowest BCUT2D eigenvalue weighted by atomic mass is 9.98. The van der Waals surface area contributed by atoms with Crippen molar-refractivity contribution in [3.8, 4) is 0 Å². The van der Waals surface area contributed by atoms with E-state index in [-0.39, 0.29) is 27.6 Å². The van der Waals surface area contributed by atoms with Crippen LogP contribution >= 0.6 is 11.6 Å². The van der Waals surface area contributed by atoms with E-state index >= 15 is 0 Å². The number of benzene rings is 2. The summed E-state index contributed by atoms with van der Waals surface area (Å²) in [4.78, 5) is 49.2. The number of carbonyl (C=O) groups excluding carboxylic acids is 3. The number of ketones is 1. The van der Waals surface area contributed by atoms with Gasteiger partial charge in [0.25, 0.3) is 11.6 Å². The Hall–Kier alpha value is -3.26. The minimum absolute atomic E-state index is 0.000525. The summed E-state index contributed by atoms with van der Waals surface area (Å²) in [5.74, 6) is -1.79. The first-order chi connectivity index (χ1) is 13.8. The molecule has 2 aromatic carbocycles. The molecule has 0 spiro atoms. The van der Waals surface area contributed by atoms with Gasteiger partial charge in [-0.15, -0.1) is 0 Å². The third-order valence-electron chi connectivity index (χ3n) is 4.24. The van der Waals surface area contributed by atoms with E-state index in [0.29, 0.717) is 13.1 Å². The summed E-state index contributed by atoms with van der Waals surface area (Å²) < 4.78 is 5.07. The normalized spacial score (nSPS) is 10.3. The topological polar surface area (TPSA) is 107 Å². The molecule has 0 heterocycles. The van der Waals surface area contributed by atoms with Crippen molar-refractivity contribution in [3.05, 3.63) is 74.3 Å². The van der Waals surface area contributed by atoms with Gasteiger partial charge in [0.1, 0.15) is 5.02 Å². The molecule has 0 fully saturated rings. The number of esters is 1. The van der Waals surface area contributed by atoms with Gasteiger partial charge in [0.05, 0.1) is 10.5 Å². The number of nitro benzene ring substituents is 1. The molecular weight excluding hydrogens is 400 g/mol. The van der Waals surface area contributed by atoms with Crippen molar-refractivity contribution in [3.63, 3.8) is 0 Å². The average molecular weight is 419 g/mol. The summed E-state index contributed by atoms with van der Waals surface area (Å²) in [5, 5.41) is 11.0. The second-order valence-electron chi connectivity index (χ2n) is 5.94. The predicted octanol–water partition coefficient (Wildman–Crippen LogP) is 3.50. The monoisotopic (exact) mass is 418 g/mol. The van der Waals surface area contributed by atoms with Crippen LogP contribution in [-0.4, -0.2) is 47.2 Å². The molecule has 29 heavy (non-hydrogen) atoms. The molecule has 8 nitrogen and oxygen atoms in total. The molecule has 9 heteroatoms. The molecule has 152 valence electrons. The quantitative estimate of drug-likeness (QED) is 0.281. The van der Waals surface area contributed by atoms with Crippen molar-refractivity contribution in [2.24, 2.45) is 0 Å². The number of carbonyl (C=O) groups is 3. The summed E-state index contributed by atoms with van der Waals surface area (Å²) in [6.07, 6.45) is 0. The van der Waals surface area contributed by atoms with Crippen LogP contribution < -0.4 is 0 Å². The van der Waals surface area contributed by atoms with Crippen molar-refractivity contribution in [2.45, 2.75) is 13.8 Å². The molecule has 0 aliphatic rings. The summed E-state index contributed by atoms with van der Waals surface area (Å²) in [6, 6.07) is 9.53. The number of halogens is 1. The summed E-state index contributed by atoms with van der Waals surface area (Å²) in [5.41, 5.74) is -0.449. The van der Waals surface area contributed by atoms with Crippen molar-refractivity contribution < 1.29 is 24.0 Å². The van der Waals surface area contributed by atoms with E-state index in [0.717, 1.165) is 6.07 Å². The number of ether oxygens (including phenoxy) is 1. The van der Waals surface area contributed by atoms with Crippen LogP contribution in [0.1, 0.15) is 40.1 Å². The Kier molecular flexibility index (Phi) is 7.44. The largest absolute Gasteiger partial charge is 0.452 e. The summed E-state index contributed by atoms with van der Waals surface area (Å²) >= 11 is 5.78. The Labute approximate surface area is 172 Å². The Morgan fingerprint density at radius 2 is 1.69 bits per heavy atom. The van der Waals surface area contributed by atoms with Gasteiger partial charge in [0.2, 0.25) is 0 Å². The molecule has 0 saturated carbocycles. The van der Waals surface area contributed by atoms with Crippen molar-refractivity contribution in [1.82, 2.24) is 4.90 Å². The molecule has 2 aromatic rings. The van der Waals surface area contributed by atoms with Crippen LogP contribution in [0.15, 0.2) is 42.5 Å². The molecule has 0 aromatic heterocycles. The first-order valence-corrected chi connectivity index (χ1v) is 9.20. The maximum Gasteiger partial charge on any atom is 0.339 e. The van der Waals surface area contributed by atoms with Gasteiger partial charge in [-0.2, -0.15) is 0 Å². The Morgan fingerprint density at radius 3 is 2.28 bits per heavy atom. The van der Waals surface area contributed by atoms with Gasteiger partial charge in [-0.1, -0.05) is 29.8 Å². The maximum atomic E-state index is 12.8. The molecule has 0 N–H and O–H groups in total. The number of hydrogen-bond donors (Lipinski definition) is 0. The molecule has 0 bridgehead atoms. The van der Waals surface area contributed by atoms with E-state index in [1.165, 1.54) is 29.2 Å². The highest BCUT2D eigenvalue weighted by molar-refractivity contribution is 6.33. The van der Waals surface area contributed by atoms with Crippen LogP contribution in [0, 0.1) is 10.1 Å². The fourth-order valence-corrected chi connectivity index (χ4v) is 2.87. The van der Waals surface area contributed by atoms with Crippen LogP contribution in [0.3, 0.4) is 0 Å². The molecule has 2 rings (SSSR count). The maximum absolute atomic E-state index is 12.8. The highest BCUT2D eigenvalue weighted by Gasteiger charge is 2.23. The molecule has 0 aliphatic carbocycles. The highest BCUT2D eigenvalue weighted by Crippen LogP contribution is 2.27. The van der Waals surface area contributed by atoms with E-state index in [4.69, 9.17) is 16.3 Å². The zero-order chi connectivity index (χ0) is 21.6. The Bertz CT molecular complexity index is 956. The van der Waals surface area contributed by atoms with Crippen LogP contribution in [0.4, 0.5) is 5.69 Å². The molecule has 0 atom stereocenters. The SMILES string of the molecule is CCN(CC)C(=O)COC(=O)c1ccccc1C(=O)c1ccc(Cl)c([N+](=O)[O-])c1. The highest BCUT2D eigenvalue weighted by atomic mass is 35.5.